The van der Waals surface area contributed by atoms with Crippen LogP contribution in [0.3, 0.4) is 0 Å². The Balaban J connectivity index is 2.01. The van der Waals surface area contributed by atoms with Crippen LogP contribution < -0.4 is 15.7 Å². The van der Waals surface area contributed by atoms with Crippen LogP contribution in [0.25, 0.3) is 11.0 Å². The number of hydrogen-bond acceptors (Lipinski definition) is 4. The molecule has 0 fully saturated rings. The number of benzene rings is 2. The lowest BCUT2D eigenvalue weighted by atomic mass is 10.1. The number of alkyl halides is 3. The van der Waals surface area contributed by atoms with Crippen molar-refractivity contribution in [2.75, 3.05) is 12.4 Å². The molecule has 1 N–H and O–H groups in total. The Bertz CT molecular complexity index is 1090. The van der Waals surface area contributed by atoms with Gasteiger partial charge in [0.05, 0.1) is 23.3 Å². The molecular weight excluding hydrogens is 387 g/mol. The molecule has 0 aliphatic heterocycles. The van der Waals surface area contributed by atoms with Gasteiger partial charge in [-0.05, 0) is 30.3 Å². The number of carbonyl (C=O) groups is 1. The molecule has 0 aliphatic rings. The van der Waals surface area contributed by atoms with Gasteiger partial charge in [-0.15, -0.1) is 0 Å². The van der Waals surface area contributed by atoms with E-state index in [1.54, 1.807) is 6.07 Å². The number of carbonyl (C=O) groups excluding carboxylic acids is 1. The Labute approximate surface area is 155 Å². The van der Waals surface area contributed by atoms with E-state index in [1.165, 1.54) is 25.3 Å². The van der Waals surface area contributed by atoms with Crippen LogP contribution in [-0.2, 0) is 6.18 Å². The van der Waals surface area contributed by atoms with Crippen LogP contribution in [0.1, 0.15) is 15.9 Å². The quantitative estimate of drug-likeness (QED) is 0.649. The number of fused-ring (bicyclic) bond motifs is 1. The first-order chi connectivity index (χ1) is 12.7. The lowest BCUT2D eigenvalue weighted by molar-refractivity contribution is -0.137. The number of ether oxygens (including phenoxy) is 1. The SMILES string of the molecule is COc1ccc2c(C(=O)Nc3ccc(Cl)c(C(F)(F)F)c3)cc(=O)oc2c1. The van der Waals surface area contributed by atoms with Gasteiger partial charge >= 0.3 is 11.8 Å². The zero-order valence-corrected chi connectivity index (χ0v) is 14.4. The van der Waals surface area contributed by atoms with Crippen LogP contribution in [0.5, 0.6) is 5.75 Å². The number of hydrogen-bond donors (Lipinski definition) is 1. The van der Waals surface area contributed by atoms with Crippen LogP contribution >= 0.6 is 11.6 Å². The van der Waals surface area contributed by atoms with Crippen LogP contribution in [0.4, 0.5) is 18.9 Å². The molecule has 3 aromatic rings. The van der Waals surface area contributed by atoms with E-state index in [0.717, 1.165) is 18.2 Å². The summed E-state index contributed by atoms with van der Waals surface area (Å²) in [5.74, 6) is -0.357. The van der Waals surface area contributed by atoms with Crippen LogP contribution in [0.2, 0.25) is 5.02 Å². The Hall–Kier alpha value is -3.00. The second-order valence-corrected chi connectivity index (χ2v) is 5.89. The molecule has 0 saturated heterocycles. The predicted molar refractivity (Wildman–Crippen MR) is 93.4 cm³/mol. The third kappa shape index (κ3) is 3.90. The highest BCUT2D eigenvalue weighted by molar-refractivity contribution is 6.31. The van der Waals surface area contributed by atoms with Crippen LogP contribution in [0, 0.1) is 0 Å². The average Bonchev–Trinajstić information content (AvgIpc) is 2.60. The summed E-state index contributed by atoms with van der Waals surface area (Å²) in [4.78, 5) is 24.3. The number of methoxy groups -OCH3 is 1. The summed E-state index contributed by atoms with van der Waals surface area (Å²) < 4.78 is 49.0. The minimum absolute atomic E-state index is 0.0487. The third-order valence-corrected chi connectivity index (χ3v) is 4.06. The summed E-state index contributed by atoms with van der Waals surface area (Å²) in [5.41, 5.74) is -1.92. The van der Waals surface area contributed by atoms with E-state index in [0.29, 0.717) is 11.1 Å². The van der Waals surface area contributed by atoms with Crippen molar-refractivity contribution in [3.05, 3.63) is 69.0 Å². The van der Waals surface area contributed by atoms with E-state index in [2.05, 4.69) is 5.32 Å². The number of rotatable bonds is 3. The zero-order chi connectivity index (χ0) is 19.8. The topological polar surface area (TPSA) is 68.5 Å². The number of anilines is 1. The van der Waals surface area contributed by atoms with Gasteiger partial charge in [0.2, 0.25) is 0 Å². The Kier molecular flexibility index (Phi) is 4.84. The van der Waals surface area contributed by atoms with E-state index in [9.17, 15) is 22.8 Å². The molecule has 0 spiro atoms. The fourth-order valence-electron chi connectivity index (χ4n) is 2.48. The monoisotopic (exact) mass is 397 g/mol. The van der Waals surface area contributed by atoms with Gasteiger partial charge < -0.3 is 14.5 Å². The van der Waals surface area contributed by atoms with Gasteiger partial charge in [-0.3, -0.25) is 4.79 Å². The number of halogens is 4. The first-order valence-corrected chi connectivity index (χ1v) is 7.87. The lowest BCUT2D eigenvalue weighted by Gasteiger charge is -2.12. The maximum Gasteiger partial charge on any atom is 0.417 e. The molecule has 9 heteroatoms. The van der Waals surface area contributed by atoms with Crippen LogP contribution in [0.15, 0.2) is 51.7 Å². The standard InChI is InChI=1S/C18H11ClF3NO4/c1-26-10-3-4-11-12(8-16(24)27-15(11)7-10)17(25)23-9-2-5-14(19)13(6-9)18(20,21)22/h2-8H,1H3,(H,23,25). The third-order valence-electron chi connectivity index (χ3n) is 3.73. The van der Waals surface area contributed by atoms with Crippen LogP contribution in [-0.4, -0.2) is 13.0 Å². The van der Waals surface area contributed by atoms with Gasteiger partial charge in [0, 0.05) is 23.2 Å². The summed E-state index contributed by atoms with van der Waals surface area (Å²) in [6.07, 6.45) is -4.67. The van der Waals surface area contributed by atoms with Gasteiger partial charge in [-0.2, -0.15) is 13.2 Å². The molecule has 0 bridgehead atoms. The lowest BCUT2D eigenvalue weighted by Crippen LogP contribution is -2.16. The molecular formula is C18H11ClF3NO4. The molecule has 140 valence electrons. The molecule has 0 radical (unpaired) electrons. The predicted octanol–water partition coefficient (Wildman–Crippen LogP) is 4.73. The maximum atomic E-state index is 13.0. The van der Waals surface area contributed by atoms with Gasteiger partial charge in [0.1, 0.15) is 11.3 Å². The van der Waals surface area contributed by atoms with Crippen molar-refractivity contribution in [1.82, 2.24) is 0 Å². The van der Waals surface area contributed by atoms with Crippen molar-refractivity contribution < 1.29 is 27.1 Å². The second-order valence-electron chi connectivity index (χ2n) is 5.49. The van der Waals surface area contributed by atoms with E-state index in [-0.39, 0.29) is 16.8 Å². The zero-order valence-electron chi connectivity index (χ0n) is 13.7. The summed E-state index contributed by atoms with van der Waals surface area (Å²) in [6, 6.07) is 8.44. The summed E-state index contributed by atoms with van der Waals surface area (Å²) in [7, 11) is 1.43. The fourth-order valence-corrected chi connectivity index (χ4v) is 2.70. The van der Waals surface area contributed by atoms with Crippen molar-refractivity contribution in [1.29, 1.82) is 0 Å². The molecule has 1 aromatic heterocycles. The molecule has 3 rings (SSSR count). The van der Waals surface area contributed by atoms with E-state index in [4.69, 9.17) is 20.8 Å². The maximum absolute atomic E-state index is 13.0. The molecule has 1 heterocycles. The first kappa shape index (κ1) is 18.8. The van der Waals surface area contributed by atoms with Crippen molar-refractivity contribution >= 4 is 34.2 Å². The summed E-state index contributed by atoms with van der Waals surface area (Å²) in [6.45, 7) is 0. The molecule has 0 aliphatic carbocycles. The van der Waals surface area contributed by atoms with Gasteiger partial charge in [-0.25, -0.2) is 4.79 Å². The smallest absolute Gasteiger partial charge is 0.417 e. The second kappa shape index (κ2) is 6.96. The molecule has 27 heavy (non-hydrogen) atoms. The highest BCUT2D eigenvalue weighted by Gasteiger charge is 2.33. The van der Waals surface area contributed by atoms with Gasteiger partial charge in [-0.1, -0.05) is 11.6 Å². The minimum atomic E-state index is -4.67. The minimum Gasteiger partial charge on any atom is -0.497 e. The molecule has 0 saturated carbocycles. The summed E-state index contributed by atoms with van der Waals surface area (Å²) in [5, 5.41) is 2.15. The highest BCUT2D eigenvalue weighted by atomic mass is 35.5. The summed E-state index contributed by atoms with van der Waals surface area (Å²) >= 11 is 5.56. The average molecular weight is 398 g/mol. The number of amides is 1. The molecule has 5 nitrogen and oxygen atoms in total. The normalized spacial score (nSPS) is 11.4. The Morgan fingerprint density at radius 1 is 1.15 bits per heavy atom. The van der Waals surface area contributed by atoms with E-state index >= 15 is 0 Å². The molecule has 0 atom stereocenters. The Morgan fingerprint density at radius 3 is 2.56 bits per heavy atom. The van der Waals surface area contributed by atoms with E-state index in [1.807, 2.05) is 0 Å². The van der Waals surface area contributed by atoms with Gasteiger partial charge in [0.25, 0.3) is 5.91 Å². The van der Waals surface area contributed by atoms with Crippen molar-refractivity contribution in [2.45, 2.75) is 6.18 Å². The molecule has 1 amide bonds. The molecule has 0 unspecified atom stereocenters. The largest absolute Gasteiger partial charge is 0.497 e. The fraction of sp³-hybridized carbons (Fsp3) is 0.111. The van der Waals surface area contributed by atoms with Crippen molar-refractivity contribution in [2.24, 2.45) is 0 Å². The van der Waals surface area contributed by atoms with Crippen molar-refractivity contribution in [3.63, 3.8) is 0 Å². The van der Waals surface area contributed by atoms with E-state index < -0.39 is 28.3 Å². The molecule has 2 aromatic carbocycles. The number of nitrogens with one attached hydrogen (secondary N) is 1. The first-order valence-electron chi connectivity index (χ1n) is 7.49. The Morgan fingerprint density at radius 2 is 1.89 bits per heavy atom. The van der Waals surface area contributed by atoms with Crippen molar-refractivity contribution in [3.8, 4) is 5.75 Å². The van der Waals surface area contributed by atoms with Gasteiger partial charge in [0.15, 0.2) is 0 Å². The highest BCUT2D eigenvalue weighted by Crippen LogP contribution is 2.36.